The molecule has 7 heteroatoms. The largest absolute Gasteiger partial charge is 0.493 e. The van der Waals surface area contributed by atoms with Gasteiger partial charge in [-0.3, -0.25) is 0 Å². The first-order valence-electron chi connectivity index (χ1n) is 9.18. The van der Waals surface area contributed by atoms with E-state index in [2.05, 4.69) is 41.3 Å². The third-order valence-electron chi connectivity index (χ3n) is 3.86. The van der Waals surface area contributed by atoms with E-state index < -0.39 is 0 Å². The van der Waals surface area contributed by atoms with Gasteiger partial charge in [0.1, 0.15) is 6.10 Å². The van der Waals surface area contributed by atoms with Crippen molar-refractivity contribution in [1.29, 1.82) is 0 Å². The molecule has 0 aliphatic heterocycles. The highest BCUT2D eigenvalue weighted by Gasteiger charge is 2.08. The van der Waals surface area contributed by atoms with E-state index in [4.69, 9.17) is 9.47 Å². The van der Waals surface area contributed by atoms with Crippen molar-refractivity contribution in [3.8, 4) is 11.5 Å². The maximum atomic E-state index is 5.95. The summed E-state index contributed by atoms with van der Waals surface area (Å²) in [5, 5.41) is 6.65. The second-order valence-corrected chi connectivity index (χ2v) is 5.75. The highest BCUT2D eigenvalue weighted by molar-refractivity contribution is 14.0. The van der Waals surface area contributed by atoms with Crippen LogP contribution in [0.5, 0.6) is 11.5 Å². The first-order valence-corrected chi connectivity index (χ1v) is 9.18. The number of nitrogens with zero attached hydrogens (tertiary/aromatic N) is 2. The van der Waals surface area contributed by atoms with Gasteiger partial charge in [-0.2, -0.15) is 0 Å². The topological polar surface area (TPSA) is 58.1 Å². The first-order chi connectivity index (χ1) is 12.1. The lowest BCUT2D eigenvalue weighted by molar-refractivity contribution is 0.219. The number of hydrogen-bond donors (Lipinski definition) is 2. The molecule has 0 fully saturated rings. The van der Waals surface area contributed by atoms with Crippen molar-refractivity contribution in [1.82, 2.24) is 15.5 Å². The van der Waals surface area contributed by atoms with E-state index in [0.29, 0.717) is 6.54 Å². The van der Waals surface area contributed by atoms with Gasteiger partial charge in [-0.25, -0.2) is 4.99 Å². The molecule has 0 aliphatic carbocycles. The fourth-order valence-corrected chi connectivity index (χ4v) is 2.40. The maximum Gasteiger partial charge on any atom is 0.191 e. The van der Waals surface area contributed by atoms with Gasteiger partial charge in [-0.05, 0) is 39.1 Å². The average molecular weight is 478 g/mol. The van der Waals surface area contributed by atoms with Crippen LogP contribution >= 0.6 is 24.0 Å². The molecule has 0 saturated carbocycles. The Labute approximate surface area is 175 Å². The van der Waals surface area contributed by atoms with Crippen molar-refractivity contribution in [3.05, 3.63) is 24.3 Å². The van der Waals surface area contributed by atoms with Crippen LogP contribution in [0, 0.1) is 0 Å². The maximum absolute atomic E-state index is 5.95. The molecule has 0 aliphatic rings. The van der Waals surface area contributed by atoms with Crippen molar-refractivity contribution in [2.24, 2.45) is 4.99 Å². The van der Waals surface area contributed by atoms with Crippen molar-refractivity contribution < 1.29 is 9.47 Å². The van der Waals surface area contributed by atoms with E-state index in [1.54, 1.807) is 7.11 Å². The first kappa shape index (κ1) is 24.8. The van der Waals surface area contributed by atoms with E-state index in [9.17, 15) is 0 Å². The van der Waals surface area contributed by atoms with Crippen LogP contribution in [0.25, 0.3) is 0 Å². The molecule has 26 heavy (non-hydrogen) atoms. The molecular formula is C19H35IN4O2. The molecule has 2 N–H and O–H groups in total. The van der Waals surface area contributed by atoms with Gasteiger partial charge in [0.2, 0.25) is 0 Å². The molecule has 1 aromatic carbocycles. The molecule has 1 aromatic rings. The highest BCUT2D eigenvalue weighted by atomic mass is 127. The summed E-state index contributed by atoms with van der Waals surface area (Å²) in [4.78, 5) is 7.00. The summed E-state index contributed by atoms with van der Waals surface area (Å²) in [7, 11) is 1.65. The van der Waals surface area contributed by atoms with Crippen LogP contribution in [0.3, 0.4) is 0 Å². The zero-order chi connectivity index (χ0) is 18.5. The van der Waals surface area contributed by atoms with Crippen LogP contribution < -0.4 is 20.1 Å². The minimum absolute atomic E-state index is 0. The summed E-state index contributed by atoms with van der Waals surface area (Å²) in [6.07, 6.45) is -0.0467. The Bertz CT molecular complexity index is 510. The third kappa shape index (κ3) is 9.47. The van der Waals surface area contributed by atoms with Gasteiger partial charge < -0.3 is 25.0 Å². The Hall–Kier alpha value is -1.22. The number of hydrogen-bond acceptors (Lipinski definition) is 4. The quantitative estimate of drug-likeness (QED) is 0.291. The fourth-order valence-electron chi connectivity index (χ4n) is 2.40. The molecule has 1 rings (SSSR count). The number of rotatable bonds is 11. The number of para-hydroxylation sites is 2. The number of likely N-dealkylation sites (N-methyl/N-ethyl adjacent to an activating group) is 1. The molecule has 1 unspecified atom stereocenters. The molecule has 6 nitrogen and oxygen atoms in total. The van der Waals surface area contributed by atoms with Crippen LogP contribution in [0.15, 0.2) is 29.3 Å². The normalized spacial score (nSPS) is 12.3. The molecule has 150 valence electrons. The highest BCUT2D eigenvalue weighted by Crippen LogP contribution is 2.26. The smallest absolute Gasteiger partial charge is 0.191 e. The van der Waals surface area contributed by atoms with Crippen LogP contribution in [-0.2, 0) is 0 Å². The van der Waals surface area contributed by atoms with Crippen LogP contribution in [0.2, 0.25) is 0 Å². The molecular weight excluding hydrogens is 443 g/mol. The Kier molecular flexibility index (Phi) is 14.2. The summed E-state index contributed by atoms with van der Waals surface area (Å²) in [6, 6.07) is 7.67. The molecule has 0 amide bonds. The second kappa shape index (κ2) is 14.9. The third-order valence-corrected chi connectivity index (χ3v) is 3.86. The van der Waals surface area contributed by atoms with Crippen LogP contribution in [-0.4, -0.2) is 63.3 Å². The molecule has 0 radical (unpaired) electrons. The second-order valence-electron chi connectivity index (χ2n) is 5.75. The molecule has 1 atom stereocenters. The van der Waals surface area contributed by atoms with Crippen LogP contribution in [0.4, 0.5) is 0 Å². The van der Waals surface area contributed by atoms with E-state index in [0.717, 1.165) is 50.2 Å². The Morgan fingerprint density at radius 2 is 1.77 bits per heavy atom. The number of benzene rings is 1. The van der Waals surface area contributed by atoms with Gasteiger partial charge in [0, 0.05) is 19.6 Å². The number of aliphatic imine (C=N–C) groups is 1. The summed E-state index contributed by atoms with van der Waals surface area (Å²) in [6.45, 7) is 13.8. The number of methoxy groups -OCH3 is 1. The molecule has 0 bridgehead atoms. The minimum atomic E-state index is -0.0467. The van der Waals surface area contributed by atoms with Crippen molar-refractivity contribution >= 4 is 29.9 Å². The van der Waals surface area contributed by atoms with Gasteiger partial charge in [-0.1, -0.05) is 26.0 Å². The standard InChI is InChI=1S/C19H34N4O2.HI/c1-6-20-19(21-13-14-23(7-2)8-3)22-15-16(4)25-18-12-10-9-11-17(18)24-5;/h9-12,16H,6-8,13-15H2,1-5H3,(H2,20,21,22);1H. The van der Waals surface area contributed by atoms with Gasteiger partial charge in [0.05, 0.1) is 13.7 Å². The van der Waals surface area contributed by atoms with E-state index in [-0.39, 0.29) is 30.1 Å². The van der Waals surface area contributed by atoms with Crippen molar-refractivity contribution in [2.75, 3.05) is 46.4 Å². The molecule has 0 aromatic heterocycles. The summed E-state index contributed by atoms with van der Waals surface area (Å²) < 4.78 is 11.3. The lowest BCUT2D eigenvalue weighted by Gasteiger charge is -2.20. The lowest BCUT2D eigenvalue weighted by atomic mass is 10.3. The predicted molar refractivity (Wildman–Crippen MR) is 120 cm³/mol. The fraction of sp³-hybridized carbons (Fsp3) is 0.632. The zero-order valence-electron chi connectivity index (χ0n) is 16.7. The van der Waals surface area contributed by atoms with E-state index >= 15 is 0 Å². The number of guanidine groups is 1. The lowest BCUT2D eigenvalue weighted by Crippen LogP contribution is -2.42. The average Bonchev–Trinajstić information content (AvgIpc) is 2.63. The summed E-state index contributed by atoms with van der Waals surface area (Å²) in [5.74, 6) is 2.31. The van der Waals surface area contributed by atoms with Gasteiger partial charge in [0.25, 0.3) is 0 Å². The van der Waals surface area contributed by atoms with Gasteiger partial charge >= 0.3 is 0 Å². The number of ether oxygens (including phenoxy) is 2. The van der Waals surface area contributed by atoms with Crippen molar-refractivity contribution in [2.45, 2.75) is 33.8 Å². The Balaban J connectivity index is 0.00000625. The predicted octanol–water partition coefficient (Wildman–Crippen LogP) is 2.98. The number of nitrogens with one attached hydrogen (secondary N) is 2. The van der Waals surface area contributed by atoms with Crippen molar-refractivity contribution in [3.63, 3.8) is 0 Å². The van der Waals surface area contributed by atoms with Gasteiger partial charge in [-0.15, -0.1) is 24.0 Å². The minimum Gasteiger partial charge on any atom is -0.493 e. The monoisotopic (exact) mass is 478 g/mol. The van der Waals surface area contributed by atoms with E-state index in [1.807, 2.05) is 31.2 Å². The Morgan fingerprint density at radius 1 is 1.12 bits per heavy atom. The van der Waals surface area contributed by atoms with Gasteiger partial charge in [0.15, 0.2) is 17.5 Å². The molecule has 0 spiro atoms. The summed E-state index contributed by atoms with van der Waals surface area (Å²) in [5.41, 5.74) is 0. The molecule has 0 saturated heterocycles. The van der Waals surface area contributed by atoms with E-state index in [1.165, 1.54) is 0 Å². The zero-order valence-corrected chi connectivity index (χ0v) is 19.1. The number of halogens is 1. The molecule has 0 heterocycles. The summed E-state index contributed by atoms with van der Waals surface area (Å²) >= 11 is 0. The Morgan fingerprint density at radius 3 is 2.35 bits per heavy atom. The van der Waals surface area contributed by atoms with Crippen LogP contribution in [0.1, 0.15) is 27.7 Å². The SMILES string of the molecule is CCNC(=NCC(C)Oc1ccccc1OC)NCCN(CC)CC.I.